The number of aromatic nitrogens is 5. The monoisotopic (exact) mass is 1800 g/mol. The molecule has 5 atom stereocenters. The number of ether oxygens (including phenoxy) is 4. The maximum Gasteiger partial charge on any atom is 0.341 e. The van der Waals surface area contributed by atoms with E-state index >= 15 is 8.78 Å². The zero-order chi connectivity index (χ0) is 92.4. The number of benzene rings is 5. The molecule has 33 nitrogen and oxygen atoms in total. The Labute approximate surface area is 738 Å². The molecule has 0 spiro atoms. The number of piperazine rings is 3. The first-order chi connectivity index (χ1) is 62.1. The van der Waals surface area contributed by atoms with Crippen molar-refractivity contribution in [2.75, 3.05) is 146 Å². The number of likely N-dealkylation sites (N-methyl/N-ethyl adjacent to an activating group) is 1. The molecule has 12 heterocycles. The summed E-state index contributed by atoms with van der Waals surface area (Å²) in [5.74, 6) is -7.58. The topological polar surface area (TPSA) is 412 Å². The zero-order valence-electron chi connectivity index (χ0n) is 72.7. The summed E-state index contributed by atoms with van der Waals surface area (Å²) < 4.78 is 107. The van der Waals surface area contributed by atoms with Crippen LogP contribution in [0, 0.1) is 41.9 Å². The minimum Gasteiger partial charge on any atom is -0.492 e. The number of carboxylic acids is 5. The standard InChI is InChI=1S/C21H24FN3O4.C19H22FN3O3.2C18H20FN3O4.C16H15FN2O4/c1-29-20-17-13(19(26)14(21(27)28)9-25(17)12-4-5-12)7-15(22)18(20)24-8-11-3-2-6-23-16(11)10-24;1-10-8-22(6-5-21-10)15-7-14-16(11(2)17(15)20)18(24)13(19(25)26)9-23(14)12-3-4-12;1-10-9-26-17-14-11(16(23)12(18(24)25)8-22(10)14)7-13(19)15(17)21-5-3-20(2)4-6-21;1-26-17-14-11(8-13(19)15(17)21-6-4-20-5-7-21)16(23)12(18(24)25)9-22(14)10-2-3-10;1-7-6-23-14-11(16(18)2-3-16)10(17)4-8-12(14)19(7)5-9(13(8)20)15(21)22/h7,9,11-12,16,23H,2-6,8,10H2,1H3,(H,27,28);7,9-10,12,21H,3-6,8H2,1-2H3,(H,25,26);7-8,10H,3-6,9H2,1-2H3,(H,24,25);8-10,20H,2-7H2,1H3,(H,24,25);4-5,7H,2-3,6,18H2,1H3,(H,21,22)/t11-,16+;;10-;;7-/m0.0.0/s1. The third kappa shape index (κ3) is 16.3. The number of nitrogens with two attached hydrogens (primary N) is 1. The Kier molecular flexibility index (Phi) is 24.0. The van der Waals surface area contributed by atoms with Gasteiger partial charge in [0, 0.05) is 157 Å². The van der Waals surface area contributed by atoms with Crippen molar-refractivity contribution in [2.45, 2.75) is 140 Å². The van der Waals surface area contributed by atoms with Crippen molar-refractivity contribution in [1.29, 1.82) is 0 Å². The first-order valence-corrected chi connectivity index (χ1v) is 43.8. The second-order valence-corrected chi connectivity index (χ2v) is 35.7. The maximum atomic E-state index is 15.3. The average molecular weight is 1800 g/mol. The lowest BCUT2D eigenvalue weighted by Gasteiger charge is -2.37. The molecule has 5 aromatic carbocycles. The maximum absolute atomic E-state index is 15.3. The van der Waals surface area contributed by atoms with E-state index in [-0.39, 0.29) is 121 Å². The van der Waals surface area contributed by atoms with Gasteiger partial charge < -0.3 is 113 Å². The molecule has 4 saturated carbocycles. The number of aryl methyl sites for hydroxylation is 1. The Hall–Kier alpha value is -12.7. The molecule has 0 bridgehead atoms. The van der Waals surface area contributed by atoms with E-state index in [1.807, 2.05) is 45.1 Å². The summed E-state index contributed by atoms with van der Waals surface area (Å²) in [5, 5.41) is 57.1. The number of methoxy groups -OCH3 is 2. The Balaban J connectivity index is 0.000000114. The summed E-state index contributed by atoms with van der Waals surface area (Å²) in [5.41, 5.74) is 4.84. The van der Waals surface area contributed by atoms with E-state index in [1.165, 1.54) is 51.3 Å². The number of aromatic carboxylic acids is 5. The minimum atomic E-state index is -1.33. The molecule has 0 amide bonds. The lowest BCUT2D eigenvalue weighted by molar-refractivity contribution is 0.0683. The molecule has 9 fully saturated rings. The van der Waals surface area contributed by atoms with Gasteiger partial charge in [-0.25, -0.2) is 45.9 Å². The lowest BCUT2D eigenvalue weighted by atomic mass is 9.94. The fourth-order valence-electron chi connectivity index (χ4n) is 19.3. The SMILES string of the molecule is COc1c(N2CCNCC2)c(F)cc2c(=O)c(C(=O)O)cn(C3CC3)c12.COc1c(N2C[C@@H]3CCCN[C@@H]3C2)c(F)cc2c(=O)c(C(=O)O)cn(C3CC3)c12.C[C@H]1COc2c(C3(N)CC3)c(F)cc3c(=O)c(C(=O)O)cn1c23.C[C@H]1COc2c(N3CCN(C)CC3)c(F)cc3c(=O)c(C(=O)O)cn1c23.Cc1c(F)c(N2CCNC(C)C2)cc2c1c(=O)c(C(=O)O)cn2C1CC1. The van der Waals surface area contributed by atoms with E-state index in [0.717, 1.165) is 115 Å². The molecule has 10 N–H and O–H groups in total. The lowest BCUT2D eigenvalue weighted by Crippen LogP contribution is -2.49. The quantitative estimate of drug-likeness (QED) is 0.0431. The van der Waals surface area contributed by atoms with Crippen LogP contribution >= 0.6 is 0 Å². The van der Waals surface area contributed by atoms with Crippen LogP contribution in [0.5, 0.6) is 23.0 Å². The summed E-state index contributed by atoms with van der Waals surface area (Å²) in [6.07, 6.45) is 15.8. The van der Waals surface area contributed by atoms with Gasteiger partial charge in [0.2, 0.25) is 27.1 Å². The fourth-order valence-corrected chi connectivity index (χ4v) is 19.3. The van der Waals surface area contributed by atoms with Crippen LogP contribution in [0.25, 0.3) is 54.5 Å². The van der Waals surface area contributed by atoms with Crippen molar-refractivity contribution in [1.82, 2.24) is 43.7 Å². The van der Waals surface area contributed by atoms with Crippen LogP contribution in [-0.4, -0.2) is 221 Å². The Morgan fingerprint density at radius 3 is 1.36 bits per heavy atom. The summed E-state index contributed by atoms with van der Waals surface area (Å²) >= 11 is 0. The number of pyridine rings is 5. The number of rotatable bonds is 15. The highest BCUT2D eigenvalue weighted by atomic mass is 19.1. The number of carboxylic acid groups (broad SMARTS) is 5. The van der Waals surface area contributed by atoms with Gasteiger partial charge in [-0.05, 0) is 142 Å². The van der Waals surface area contributed by atoms with Crippen LogP contribution in [-0.2, 0) is 5.54 Å². The molecule has 0 radical (unpaired) electrons. The largest absolute Gasteiger partial charge is 0.492 e. The van der Waals surface area contributed by atoms with E-state index in [2.05, 4.69) is 27.8 Å². The summed E-state index contributed by atoms with van der Waals surface area (Å²) in [4.78, 5) is 130. The van der Waals surface area contributed by atoms with Crippen LogP contribution in [0.15, 0.2) is 85.3 Å². The Morgan fingerprint density at radius 2 is 0.892 bits per heavy atom. The second kappa shape index (κ2) is 35.0. The van der Waals surface area contributed by atoms with Crippen LogP contribution in [0.2, 0.25) is 0 Å². The van der Waals surface area contributed by atoms with Gasteiger partial charge in [0.15, 0.2) is 40.4 Å². The second-order valence-electron chi connectivity index (χ2n) is 35.7. The Morgan fingerprint density at radius 1 is 0.469 bits per heavy atom. The van der Waals surface area contributed by atoms with Crippen LogP contribution in [0.1, 0.15) is 178 Å². The molecular formula is C92H101F5N14O19. The molecule has 130 heavy (non-hydrogen) atoms. The number of halogens is 5. The molecule has 4 aliphatic carbocycles. The highest BCUT2D eigenvalue weighted by molar-refractivity contribution is 6.02. The number of carbonyl (C=O) groups is 5. The zero-order valence-corrected chi connectivity index (χ0v) is 72.7. The van der Waals surface area contributed by atoms with Crippen molar-refractivity contribution < 1.29 is 90.4 Å². The number of anilines is 4. The van der Waals surface area contributed by atoms with E-state index in [1.54, 1.807) is 31.3 Å². The third-order valence-corrected chi connectivity index (χ3v) is 26.7. The van der Waals surface area contributed by atoms with Gasteiger partial charge in [0.1, 0.15) is 69.7 Å². The van der Waals surface area contributed by atoms with E-state index in [4.69, 9.17) is 24.7 Å². The molecule has 688 valence electrons. The van der Waals surface area contributed by atoms with Gasteiger partial charge in [-0.2, -0.15) is 0 Å². The number of nitrogens with one attached hydrogen (secondary N) is 3. The van der Waals surface area contributed by atoms with Crippen LogP contribution in [0.3, 0.4) is 0 Å². The molecule has 38 heteroatoms. The van der Waals surface area contributed by atoms with Crippen LogP contribution < -0.4 is 87.4 Å². The van der Waals surface area contributed by atoms with Gasteiger partial charge in [-0.1, -0.05) is 0 Å². The van der Waals surface area contributed by atoms with Gasteiger partial charge >= 0.3 is 29.8 Å². The van der Waals surface area contributed by atoms with Crippen molar-refractivity contribution >= 4 is 107 Å². The summed E-state index contributed by atoms with van der Waals surface area (Å²) in [7, 11) is 4.94. The molecule has 5 aromatic heterocycles. The van der Waals surface area contributed by atoms with Gasteiger partial charge in [0.25, 0.3) is 0 Å². The van der Waals surface area contributed by atoms with Gasteiger partial charge in [0.05, 0.1) is 92.1 Å². The van der Waals surface area contributed by atoms with Crippen molar-refractivity contribution in [3.8, 4) is 23.0 Å². The first kappa shape index (κ1) is 89.3. The summed E-state index contributed by atoms with van der Waals surface area (Å²) in [6.45, 7) is 18.0. The number of hydrogen-bond donors (Lipinski definition) is 9. The number of piperidine rings is 1. The predicted octanol–water partition coefficient (Wildman–Crippen LogP) is 9.53. The van der Waals surface area contributed by atoms with Crippen LogP contribution in [0.4, 0.5) is 44.7 Å². The van der Waals surface area contributed by atoms with E-state index in [0.29, 0.717) is 138 Å². The van der Waals surface area contributed by atoms with Crippen molar-refractivity contribution in [3.05, 3.63) is 180 Å². The molecule has 21 rings (SSSR count). The van der Waals surface area contributed by atoms with E-state index in [9.17, 15) is 86.6 Å². The molecule has 10 aromatic rings. The molecule has 5 saturated heterocycles. The average Bonchev–Trinajstić information content (AvgIpc) is 1.43. The molecule has 7 aliphatic heterocycles. The normalized spacial score (nSPS) is 20.8. The predicted molar refractivity (Wildman–Crippen MR) is 475 cm³/mol. The third-order valence-electron chi connectivity index (χ3n) is 26.7. The smallest absolute Gasteiger partial charge is 0.341 e. The fraction of sp³-hybridized carbons (Fsp3) is 0.457. The van der Waals surface area contributed by atoms with Crippen molar-refractivity contribution in [2.24, 2.45) is 11.7 Å². The first-order valence-electron chi connectivity index (χ1n) is 43.8. The van der Waals surface area contributed by atoms with Crippen molar-refractivity contribution in [3.63, 3.8) is 0 Å². The van der Waals surface area contributed by atoms with Gasteiger partial charge in [-0.3, -0.25) is 24.0 Å². The summed E-state index contributed by atoms with van der Waals surface area (Å²) in [6, 6.07) is 6.94. The molecule has 1 unspecified atom stereocenters. The molecule has 11 aliphatic rings. The number of fused-ring (bicyclic) bond motifs is 4. The highest BCUT2D eigenvalue weighted by Crippen LogP contribution is 2.53. The highest BCUT2D eigenvalue weighted by Gasteiger charge is 2.47. The van der Waals surface area contributed by atoms with Gasteiger partial charge in [-0.15, -0.1) is 0 Å². The number of nitrogens with zero attached hydrogens (tertiary/aromatic N) is 10. The minimum absolute atomic E-state index is 0.0111. The molecular weight excluding hydrogens is 1700 g/mol. The Bertz CT molecular complexity index is 6690. The van der Waals surface area contributed by atoms with E-state index < -0.39 is 91.6 Å². The number of hydrogen-bond acceptors (Lipinski definition) is 23.